The third kappa shape index (κ3) is 5.28. The number of nitrogens with zero attached hydrogens (tertiary/aromatic N) is 3. The van der Waals surface area contributed by atoms with Crippen LogP contribution in [0.25, 0.3) is 0 Å². The van der Waals surface area contributed by atoms with Crippen molar-refractivity contribution in [2.45, 2.75) is 52.6 Å². The van der Waals surface area contributed by atoms with E-state index in [1.807, 2.05) is 19.2 Å². The Labute approximate surface area is 155 Å². The monoisotopic (exact) mass is 361 g/mol. The van der Waals surface area contributed by atoms with Crippen molar-refractivity contribution < 1.29 is 9.15 Å². The predicted molar refractivity (Wildman–Crippen MR) is 104 cm³/mol. The van der Waals surface area contributed by atoms with Crippen LogP contribution in [0.2, 0.25) is 0 Å². The number of furan rings is 1. The van der Waals surface area contributed by atoms with Gasteiger partial charge in [-0.2, -0.15) is 5.10 Å². The smallest absolute Gasteiger partial charge is 0.216 e. The fraction of sp³-hybridized carbons (Fsp3) is 0.579. The van der Waals surface area contributed by atoms with Gasteiger partial charge >= 0.3 is 0 Å². The van der Waals surface area contributed by atoms with E-state index in [0.29, 0.717) is 12.6 Å². The molecule has 2 heterocycles. The first kappa shape index (κ1) is 19.9. The van der Waals surface area contributed by atoms with E-state index in [-0.39, 0.29) is 0 Å². The number of rotatable bonds is 9. The fourth-order valence-electron chi connectivity index (χ4n) is 2.71. The van der Waals surface area contributed by atoms with Gasteiger partial charge in [0.05, 0.1) is 31.2 Å². The van der Waals surface area contributed by atoms with Crippen molar-refractivity contribution in [3.05, 3.63) is 35.4 Å². The lowest BCUT2D eigenvalue weighted by Gasteiger charge is -2.17. The SMILES string of the molecule is CCc1nn(C)c(OC)c1CN=C(NCCc1ccco1)NC(C)CC. The third-order valence-electron chi connectivity index (χ3n) is 4.33. The van der Waals surface area contributed by atoms with Crippen LogP contribution in [0.3, 0.4) is 0 Å². The summed E-state index contributed by atoms with van der Waals surface area (Å²) in [5.41, 5.74) is 2.06. The Morgan fingerprint density at radius 2 is 2.23 bits per heavy atom. The van der Waals surface area contributed by atoms with Crippen LogP contribution in [-0.2, 0) is 26.4 Å². The summed E-state index contributed by atoms with van der Waals surface area (Å²) in [5.74, 6) is 2.52. The number of guanidine groups is 1. The molecule has 0 bridgehead atoms. The summed E-state index contributed by atoms with van der Waals surface area (Å²) in [6, 6.07) is 4.23. The number of nitrogens with one attached hydrogen (secondary N) is 2. The average molecular weight is 361 g/mol. The number of aromatic nitrogens is 2. The molecule has 0 aliphatic rings. The van der Waals surface area contributed by atoms with Gasteiger partial charge in [0, 0.05) is 26.1 Å². The van der Waals surface area contributed by atoms with Gasteiger partial charge in [-0.1, -0.05) is 13.8 Å². The second-order valence-electron chi connectivity index (χ2n) is 6.29. The quantitative estimate of drug-likeness (QED) is 0.530. The second kappa shape index (κ2) is 9.89. The van der Waals surface area contributed by atoms with Crippen molar-refractivity contribution in [3.63, 3.8) is 0 Å². The average Bonchev–Trinajstić information content (AvgIpc) is 3.26. The van der Waals surface area contributed by atoms with Crippen LogP contribution in [0.5, 0.6) is 5.88 Å². The molecule has 0 aliphatic heterocycles. The van der Waals surface area contributed by atoms with Crippen molar-refractivity contribution in [1.29, 1.82) is 0 Å². The summed E-state index contributed by atoms with van der Waals surface area (Å²) >= 11 is 0. The van der Waals surface area contributed by atoms with Gasteiger partial charge in [-0.25, -0.2) is 9.67 Å². The van der Waals surface area contributed by atoms with Gasteiger partial charge in [0.25, 0.3) is 0 Å². The summed E-state index contributed by atoms with van der Waals surface area (Å²) in [4.78, 5) is 4.76. The second-order valence-corrected chi connectivity index (χ2v) is 6.29. The van der Waals surface area contributed by atoms with Crippen molar-refractivity contribution in [3.8, 4) is 5.88 Å². The standard InChI is InChI=1S/C19H31N5O2/c1-6-14(3)22-19(20-11-10-15-9-8-12-26-15)21-13-16-17(7-2)23-24(4)18(16)25-5/h8-9,12,14H,6-7,10-11,13H2,1-5H3,(H2,20,21,22). The molecule has 144 valence electrons. The van der Waals surface area contributed by atoms with Crippen LogP contribution >= 0.6 is 0 Å². The van der Waals surface area contributed by atoms with Gasteiger partial charge in [0.1, 0.15) is 5.76 Å². The van der Waals surface area contributed by atoms with Gasteiger partial charge in [-0.3, -0.25) is 0 Å². The molecule has 0 aromatic carbocycles. The molecule has 7 nitrogen and oxygen atoms in total. The highest BCUT2D eigenvalue weighted by molar-refractivity contribution is 5.80. The first-order valence-electron chi connectivity index (χ1n) is 9.24. The maximum atomic E-state index is 5.50. The zero-order chi connectivity index (χ0) is 18.9. The number of methoxy groups -OCH3 is 1. The first-order valence-corrected chi connectivity index (χ1v) is 9.24. The van der Waals surface area contributed by atoms with Crippen LogP contribution in [0.15, 0.2) is 27.8 Å². The third-order valence-corrected chi connectivity index (χ3v) is 4.33. The van der Waals surface area contributed by atoms with Crippen LogP contribution in [0, 0.1) is 0 Å². The van der Waals surface area contributed by atoms with E-state index in [9.17, 15) is 0 Å². The molecule has 0 fully saturated rings. The van der Waals surface area contributed by atoms with E-state index in [4.69, 9.17) is 14.1 Å². The van der Waals surface area contributed by atoms with E-state index < -0.39 is 0 Å². The molecule has 1 unspecified atom stereocenters. The maximum Gasteiger partial charge on any atom is 0.216 e. The molecule has 26 heavy (non-hydrogen) atoms. The van der Waals surface area contributed by atoms with E-state index in [0.717, 1.165) is 54.7 Å². The molecule has 0 amide bonds. The van der Waals surface area contributed by atoms with E-state index >= 15 is 0 Å². The normalized spacial score (nSPS) is 12.9. The Kier molecular flexibility index (Phi) is 7.56. The van der Waals surface area contributed by atoms with Crippen molar-refractivity contribution in [2.75, 3.05) is 13.7 Å². The highest BCUT2D eigenvalue weighted by atomic mass is 16.5. The lowest BCUT2D eigenvalue weighted by Crippen LogP contribution is -2.42. The molecule has 2 N–H and O–H groups in total. The Hall–Kier alpha value is -2.44. The minimum Gasteiger partial charge on any atom is -0.481 e. The summed E-state index contributed by atoms with van der Waals surface area (Å²) in [6.07, 6.45) is 4.38. The number of aryl methyl sites for hydroxylation is 2. The zero-order valence-electron chi connectivity index (χ0n) is 16.5. The zero-order valence-corrected chi connectivity index (χ0v) is 16.5. The lowest BCUT2D eigenvalue weighted by atomic mass is 10.2. The van der Waals surface area contributed by atoms with Crippen LogP contribution in [-0.4, -0.2) is 35.4 Å². The van der Waals surface area contributed by atoms with Gasteiger partial charge in [-0.05, 0) is 31.9 Å². The number of hydrogen-bond acceptors (Lipinski definition) is 4. The van der Waals surface area contributed by atoms with E-state index in [1.165, 1.54) is 0 Å². The highest BCUT2D eigenvalue weighted by Crippen LogP contribution is 2.22. The predicted octanol–water partition coefficient (Wildman–Crippen LogP) is 2.66. The Morgan fingerprint density at radius 3 is 2.85 bits per heavy atom. The molecule has 2 aromatic heterocycles. The molecule has 0 saturated carbocycles. The summed E-state index contributed by atoms with van der Waals surface area (Å²) < 4.78 is 12.7. The van der Waals surface area contributed by atoms with Crippen LogP contribution in [0.4, 0.5) is 0 Å². The van der Waals surface area contributed by atoms with Crippen LogP contribution in [0.1, 0.15) is 44.2 Å². The fourth-order valence-corrected chi connectivity index (χ4v) is 2.71. The number of aliphatic imine (C=N–C) groups is 1. The lowest BCUT2D eigenvalue weighted by molar-refractivity contribution is 0.369. The topological polar surface area (TPSA) is 76.6 Å². The molecule has 7 heteroatoms. The Bertz CT molecular complexity index is 691. The van der Waals surface area contributed by atoms with Gasteiger partial charge in [0.2, 0.25) is 5.88 Å². The summed E-state index contributed by atoms with van der Waals surface area (Å²) in [5, 5.41) is 11.3. The molecule has 0 spiro atoms. The van der Waals surface area contributed by atoms with Crippen molar-refractivity contribution in [2.24, 2.45) is 12.0 Å². The van der Waals surface area contributed by atoms with Crippen molar-refractivity contribution in [1.82, 2.24) is 20.4 Å². The number of ether oxygens (including phenoxy) is 1. The molecule has 0 saturated heterocycles. The first-order chi connectivity index (χ1) is 12.6. The summed E-state index contributed by atoms with van der Waals surface area (Å²) in [6.45, 7) is 7.66. The number of hydrogen-bond donors (Lipinski definition) is 2. The molecular weight excluding hydrogens is 330 g/mol. The largest absolute Gasteiger partial charge is 0.481 e. The van der Waals surface area contributed by atoms with Crippen LogP contribution < -0.4 is 15.4 Å². The Morgan fingerprint density at radius 1 is 1.42 bits per heavy atom. The minimum atomic E-state index is 0.339. The molecule has 1 atom stereocenters. The van der Waals surface area contributed by atoms with Gasteiger partial charge < -0.3 is 19.8 Å². The molecule has 2 rings (SSSR count). The Balaban J connectivity index is 2.08. The van der Waals surface area contributed by atoms with Gasteiger partial charge in [-0.15, -0.1) is 0 Å². The molecule has 0 aliphatic carbocycles. The molecular formula is C19H31N5O2. The van der Waals surface area contributed by atoms with Crippen molar-refractivity contribution >= 4 is 5.96 Å². The summed E-state index contributed by atoms with van der Waals surface area (Å²) in [7, 11) is 3.56. The van der Waals surface area contributed by atoms with E-state index in [2.05, 4.69) is 36.5 Å². The molecule has 2 aromatic rings. The highest BCUT2D eigenvalue weighted by Gasteiger charge is 2.15. The van der Waals surface area contributed by atoms with E-state index in [1.54, 1.807) is 18.1 Å². The van der Waals surface area contributed by atoms with Gasteiger partial charge in [0.15, 0.2) is 5.96 Å². The molecule has 0 radical (unpaired) electrons. The maximum absolute atomic E-state index is 5.50. The minimum absolute atomic E-state index is 0.339.